The molecule has 3 rings (SSSR count). The van der Waals surface area contributed by atoms with Crippen LogP contribution in [0.5, 0.6) is 0 Å². The van der Waals surface area contributed by atoms with Gasteiger partial charge in [0.1, 0.15) is 0 Å². The van der Waals surface area contributed by atoms with Crippen LogP contribution in [0, 0.1) is 0 Å². The van der Waals surface area contributed by atoms with Crippen molar-refractivity contribution in [3.63, 3.8) is 0 Å². The Balaban J connectivity index is 1.85. The van der Waals surface area contributed by atoms with Crippen molar-refractivity contribution in [1.29, 1.82) is 0 Å². The van der Waals surface area contributed by atoms with Crippen molar-refractivity contribution in [3.05, 3.63) is 68.7 Å². The average Bonchev–Trinajstić information content (AvgIpc) is 2.60. The smallest absolute Gasteiger partial charge is 0.272 e. The number of likely N-dealkylation sites (N-methyl/N-ethyl adjacent to an activating group) is 1. The highest BCUT2D eigenvalue weighted by molar-refractivity contribution is 9.10. The molecule has 0 bridgehead atoms. The van der Waals surface area contributed by atoms with Gasteiger partial charge in [0.2, 0.25) is 0 Å². The van der Waals surface area contributed by atoms with E-state index in [0.29, 0.717) is 10.6 Å². The number of hydrazone groups is 1. The van der Waals surface area contributed by atoms with Crippen molar-refractivity contribution in [2.75, 3.05) is 11.9 Å². The van der Waals surface area contributed by atoms with E-state index in [4.69, 9.17) is 11.6 Å². The van der Waals surface area contributed by atoms with Gasteiger partial charge in [0.15, 0.2) is 0 Å². The monoisotopic (exact) mass is 445 g/mol. The number of halogens is 2. The summed E-state index contributed by atoms with van der Waals surface area (Å²) in [6, 6.07) is 11.1. The number of carbonyl (C=O) groups is 1. The van der Waals surface area contributed by atoms with Gasteiger partial charge >= 0.3 is 0 Å². The van der Waals surface area contributed by atoms with Gasteiger partial charge in [-0.05, 0) is 66.5 Å². The molecule has 0 atom stereocenters. The van der Waals surface area contributed by atoms with Crippen LogP contribution in [0.1, 0.15) is 42.3 Å². The van der Waals surface area contributed by atoms with Crippen LogP contribution in [0.3, 0.4) is 0 Å². The number of nitrogens with one attached hydrogen (secondary N) is 1. The molecule has 0 unspecified atom stereocenters. The average molecular weight is 447 g/mol. The SMILES string of the molecule is CC1=CC(C)(C)N(C)c2cc(Cl)c(/C=N\NC(=O)c3ccccc3Br)cc21. The van der Waals surface area contributed by atoms with Crippen LogP contribution in [-0.2, 0) is 0 Å². The first kappa shape index (κ1) is 19.6. The number of carbonyl (C=O) groups excluding carboxylic acids is 1. The molecule has 0 aromatic heterocycles. The lowest BCUT2D eigenvalue weighted by Crippen LogP contribution is -2.42. The van der Waals surface area contributed by atoms with Crippen molar-refractivity contribution >= 4 is 50.9 Å². The molecule has 1 heterocycles. The van der Waals surface area contributed by atoms with E-state index >= 15 is 0 Å². The molecule has 27 heavy (non-hydrogen) atoms. The molecule has 1 aliphatic rings. The third-order valence-corrected chi connectivity index (χ3v) is 5.84. The standard InChI is InChI=1S/C21H21BrClN3O/c1-13-11-21(2,3)26(4)19-10-18(23)14(9-16(13)19)12-24-25-20(27)15-7-5-6-8-17(15)22/h5-12H,1-4H3,(H,25,27)/b24-12-. The maximum Gasteiger partial charge on any atom is 0.272 e. The number of hydrogen-bond acceptors (Lipinski definition) is 3. The van der Waals surface area contributed by atoms with Gasteiger partial charge in [-0.3, -0.25) is 4.79 Å². The van der Waals surface area contributed by atoms with Crippen LogP contribution in [-0.4, -0.2) is 24.7 Å². The number of benzene rings is 2. The topological polar surface area (TPSA) is 44.7 Å². The van der Waals surface area contributed by atoms with Gasteiger partial charge in [0, 0.05) is 28.3 Å². The summed E-state index contributed by atoms with van der Waals surface area (Å²) in [5, 5.41) is 4.67. The second-order valence-corrected chi connectivity index (χ2v) is 8.37. The Hall–Kier alpha value is -2.11. The molecule has 2 aromatic carbocycles. The third-order valence-electron chi connectivity index (χ3n) is 4.82. The second kappa shape index (κ2) is 7.49. The summed E-state index contributed by atoms with van der Waals surface area (Å²) in [4.78, 5) is 14.4. The Labute approximate surface area is 173 Å². The van der Waals surface area contributed by atoms with Crippen molar-refractivity contribution in [2.24, 2.45) is 5.10 Å². The highest BCUT2D eigenvalue weighted by Crippen LogP contribution is 2.40. The Morgan fingerprint density at radius 2 is 2.00 bits per heavy atom. The first-order valence-electron chi connectivity index (χ1n) is 8.56. The minimum Gasteiger partial charge on any atom is -0.365 e. The first-order chi connectivity index (χ1) is 12.7. The highest BCUT2D eigenvalue weighted by Gasteiger charge is 2.29. The zero-order valence-electron chi connectivity index (χ0n) is 15.7. The molecular formula is C21H21BrClN3O. The Bertz CT molecular complexity index is 966. The van der Waals surface area contributed by atoms with E-state index in [9.17, 15) is 4.79 Å². The highest BCUT2D eigenvalue weighted by atomic mass is 79.9. The van der Waals surface area contributed by atoms with E-state index in [1.807, 2.05) is 24.3 Å². The molecule has 2 aromatic rings. The number of hydrogen-bond donors (Lipinski definition) is 1. The van der Waals surface area contributed by atoms with Crippen molar-refractivity contribution < 1.29 is 4.79 Å². The minimum absolute atomic E-state index is 0.0763. The molecule has 0 aliphatic carbocycles. The molecule has 0 fully saturated rings. The summed E-state index contributed by atoms with van der Waals surface area (Å²) in [6.45, 7) is 6.43. The van der Waals surface area contributed by atoms with E-state index in [1.165, 1.54) is 5.57 Å². The molecular weight excluding hydrogens is 426 g/mol. The number of nitrogens with zero attached hydrogens (tertiary/aromatic N) is 2. The predicted octanol–water partition coefficient (Wildman–Crippen LogP) is 5.50. The van der Waals surface area contributed by atoms with Crippen LogP contribution in [0.25, 0.3) is 5.57 Å². The largest absolute Gasteiger partial charge is 0.365 e. The minimum atomic E-state index is -0.287. The summed E-state index contributed by atoms with van der Waals surface area (Å²) in [5.41, 5.74) is 7.13. The molecule has 4 nitrogen and oxygen atoms in total. The predicted molar refractivity (Wildman–Crippen MR) is 117 cm³/mol. The molecule has 0 spiro atoms. The van der Waals surface area contributed by atoms with Crippen molar-refractivity contribution in [3.8, 4) is 0 Å². The Kier molecular flexibility index (Phi) is 5.45. The zero-order chi connectivity index (χ0) is 19.8. The number of fused-ring (bicyclic) bond motifs is 1. The summed E-state index contributed by atoms with van der Waals surface area (Å²) >= 11 is 9.83. The fourth-order valence-corrected chi connectivity index (χ4v) is 3.82. The van der Waals surface area contributed by atoms with Crippen LogP contribution in [0.4, 0.5) is 5.69 Å². The molecule has 0 radical (unpaired) electrons. The van der Waals surface area contributed by atoms with Gasteiger partial charge in [-0.25, -0.2) is 5.43 Å². The van der Waals surface area contributed by atoms with Crippen LogP contribution < -0.4 is 10.3 Å². The van der Waals surface area contributed by atoms with Crippen LogP contribution in [0.15, 0.2) is 52.0 Å². The molecule has 0 saturated carbocycles. The summed E-state index contributed by atoms with van der Waals surface area (Å²) in [7, 11) is 2.06. The lowest BCUT2D eigenvalue weighted by Gasteiger charge is -2.40. The van der Waals surface area contributed by atoms with Gasteiger partial charge in [0.05, 0.1) is 22.3 Å². The van der Waals surface area contributed by atoms with E-state index in [-0.39, 0.29) is 11.4 Å². The van der Waals surface area contributed by atoms with Gasteiger partial charge in [0.25, 0.3) is 5.91 Å². The summed E-state index contributed by atoms with van der Waals surface area (Å²) in [6.07, 6.45) is 3.81. The lowest BCUT2D eigenvalue weighted by atomic mass is 9.88. The molecule has 6 heteroatoms. The van der Waals surface area contributed by atoms with Crippen LogP contribution >= 0.6 is 27.5 Å². The summed E-state index contributed by atoms with van der Waals surface area (Å²) < 4.78 is 0.718. The molecule has 1 aliphatic heterocycles. The van der Waals surface area contributed by atoms with E-state index in [1.54, 1.807) is 18.3 Å². The van der Waals surface area contributed by atoms with Crippen LogP contribution in [0.2, 0.25) is 5.02 Å². The number of allylic oxidation sites excluding steroid dienone is 1. The quantitative estimate of drug-likeness (QED) is 0.500. The normalized spacial score (nSPS) is 15.5. The summed E-state index contributed by atoms with van der Waals surface area (Å²) in [5.74, 6) is -0.287. The van der Waals surface area contributed by atoms with Crippen molar-refractivity contribution in [1.82, 2.24) is 5.43 Å². The molecule has 140 valence electrons. The van der Waals surface area contributed by atoms with Crippen molar-refractivity contribution in [2.45, 2.75) is 26.3 Å². The Morgan fingerprint density at radius 3 is 2.70 bits per heavy atom. The second-order valence-electron chi connectivity index (χ2n) is 7.11. The maximum atomic E-state index is 12.2. The Morgan fingerprint density at radius 1 is 1.30 bits per heavy atom. The third kappa shape index (κ3) is 3.94. The molecule has 1 N–H and O–H groups in total. The van der Waals surface area contributed by atoms with E-state index in [2.05, 4.69) is 65.3 Å². The van der Waals surface area contributed by atoms with Gasteiger partial charge < -0.3 is 4.90 Å². The molecule has 1 amide bonds. The van der Waals surface area contributed by atoms with E-state index < -0.39 is 0 Å². The van der Waals surface area contributed by atoms with Gasteiger partial charge in [-0.15, -0.1) is 0 Å². The fourth-order valence-electron chi connectivity index (χ4n) is 3.15. The maximum absolute atomic E-state index is 12.2. The van der Waals surface area contributed by atoms with E-state index in [0.717, 1.165) is 21.3 Å². The zero-order valence-corrected chi connectivity index (χ0v) is 18.0. The number of rotatable bonds is 3. The number of anilines is 1. The fraction of sp³-hybridized carbons (Fsp3) is 0.238. The first-order valence-corrected chi connectivity index (χ1v) is 9.73. The van der Waals surface area contributed by atoms with Gasteiger partial charge in [-0.2, -0.15) is 5.10 Å². The number of amides is 1. The lowest BCUT2D eigenvalue weighted by molar-refractivity contribution is 0.0954. The molecule has 0 saturated heterocycles. The van der Waals surface area contributed by atoms with Gasteiger partial charge in [-0.1, -0.05) is 29.8 Å².